The Hall–Kier alpha value is -1.80. The van der Waals surface area contributed by atoms with Crippen LogP contribution in [0.4, 0.5) is 5.00 Å². The molecule has 1 N–H and O–H groups in total. The van der Waals surface area contributed by atoms with Crippen molar-refractivity contribution >= 4 is 28.2 Å². The van der Waals surface area contributed by atoms with Gasteiger partial charge in [-0.3, -0.25) is 4.79 Å². The molecule has 0 saturated carbocycles. The van der Waals surface area contributed by atoms with E-state index < -0.39 is 5.97 Å². The van der Waals surface area contributed by atoms with Gasteiger partial charge >= 0.3 is 5.97 Å². The van der Waals surface area contributed by atoms with Crippen molar-refractivity contribution in [1.29, 1.82) is 0 Å². The number of nitrogens with one attached hydrogen (secondary N) is 1. The molecular formula is C14H17NO3S. The summed E-state index contributed by atoms with van der Waals surface area (Å²) in [6.07, 6.45) is 5.74. The number of rotatable bonds is 5. The van der Waals surface area contributed by atoms with Gasteiger partial charge in [-0.1, -0.05) is 0 Å². The fraction of sp³-hybridized carbons (Fsp3) is 0.429. The number of amides is 1. The van der Waals surface area contributed by atoms with E-state index in [-0.39, 0.29) is 12.3 Å². The molecular weight excluding hydrogens is 262 g/mol. The Morgan fingerprint density at radius 1 is 1.42 bits per heavy atom. The van der Waals surface area contributed by atoms with Gasteiger partial charge in [-0.05, 0) is 26.3 Å². The highest BCUT2D eigenvalue weighted by Gasteiger charge is 2.21. The van der Waals surface area contributed by atoms with Crippen LogP contribution in [0.15, 0.2) is 0 Å². The molecule has 0 fully saturated rings. The number of hydrogen-bond acceptors (Lipinski definition) is 4. The van der Waals surface area contributed by atoms with Gasteiger partial charge in [0.25, 0.3) is 0 Å². The highest BCUT2D eigenvalue weighted by Crippen LogP contribution is 2.33. The molecule has 0 aliphatic heterocycles. The summed E-state index contributed by atoms with van der Waals surface area (Å²) in [6, 6.07) is 0. The average Bonchev–Trinajstić information content (AvgIpc) is 2.62. The fourth-order valence-corrected chi connectivity index (χ4v) is 2.60. The van der Waals surface area contributed by atoms with E-state index in [0.717, 1.165) is 10.4 Å². The van der Waals surface area contributed by atoms with Crippen molar-refractivity contribution in [2.75, 3.05) is 11.9 Å². The van der Waals surface area contributed by atoms with Crippen molar-refractivity contribution in [3.63, 3.8) is 0 Å². The minimum Gasteiger partial charge on any atom is -0.462 e. The van der Waals surface area contributed by atoms with Crippen LogP contribution in [-0.4, -0.2) is 18.5 Å². The third kappa shape index (κ3) is 3.83. The number of ether oxygens (including phenoxy) is 1. The topological polar surface area (TPSA) is 55.4 Å². The first-order valence-electron chi connectivity index (χ1n) is 6.01. The van der Waals surface area contributed by atoms with E-state index in [1.54, 1.807) is 6.92 Å². The first kappa shape index (κ1) is 15.3. The van der Waals surface area contributed by atoms with E-state index in [0.29, 0.717) is 23.6 Å². The third-order valence-electron chi connectivity index (χ3n) is 2.61. The Balaban J connectivity index is 2.95. The molecule has 1 rings (SSSR count). The first-order chi connectivity index (χ1) is 9.01. The second kappa shape index (κ2) is 6.95. The number of carbonyl (C=O) groups is 2. The molecule has 0 unspecified atom stereocenters. The Kier molecular flexibility index (Phi) is 5.58. The van der Waals surface area contributed by atoms with Crippen molar-refractivity contribution in [3.8, 4) is 12.3 Å². The summed E-state index contributed by atoms with van der Waals surface area (Å²) in [6.45, 7) is 5.80. The molecule has 0 aromatic carbocycles. The standard InChI is InChI=1S/C14H17NO3S/c1-5-7-8-11(16)15-13-12(14(17)18-6-2)9(3)10(4)19-13/h1H,6-8H2,2-4H3,(H,15,16). The van der Waals surface area contributed by atoms with E-state index in [1.165, 1.54) is 11.3 Å². The summed E-state index contributed by atoms with van der Waals surface area (Å²) in [5.74, 6) is 1.81. The van der Waals surface area contributed by atoms with Gasteiger partial charge in [-0.2, -0.15) is 0 Å². The van der Waals surface area contributed by atoms with E-state index in [2.05, 4.69) is 11.2 Å². The number of esters is 1. The van der Waals surface area contributed by atoms with Crippen molar-refractivity contribution in [3.05, 3.63) is 16.0 Å². The highest BCUT2D eigenvalue weighted by molar-refractivity contribution is 7.16. The maximum atomic E-state index is 11.9. The average molecular weight is 279 g/mol. The van der Waals surface area contributed by atoms with Crippen LogP contribution < -0.4 is 5.32 Å². The maximum Gasteiger partial charge on any atom is 0.341 e. The summed E-state index contributed by atoms with van der Waals surface area (Å²) < 4.78 is 5.01. The largest absolute Gasteiger partial charge is 0.462 e. The van der Waals surface area contributed by atoms with Crippen molar-refractivity contribution in [2.45, 2.75) is 33.6 Å². The van der Waals surface area contributed by atoms with Gasteiger partial charge in [0.15, 0.2) is 0 Å². The molecule has 0 bridgehead atoms. The molecule has 0 radical (unpaired) electrons. The van der Waals surface area contributed by atoms with Gasteiger partial charge in [-0.15, -0.1) is 23.7 Å². The SMILES string of the molecule is C#CCCC(=O)Nc1sc(C)c(C)c1C(=O)OCC. The zero-order chi connectivity index (χ0) is 14.4. The summed E-state index contributed by atoms with van der Waals surface area (Å²) in [7, 11) is 0. The molecule has 5 heteroatoms. The van der Waals surface area contributed by atoms with Crippen LogP contribution in [0.1, 0.15) is 40.6 Å². The molecule has 1 amide bonds. The van der Waals surface area contributed by atoms with Gasteiger partial charge in [0, 0.05) is 17.7 Å². The number of anilines is 1. The van der Waals surface area contributed by atoms with Crippen LogP contribution in [0.2, 0.25) is 0 Å². The van der Waals surface area contributed by atoms with Crippen LogP contribution in [0.5, 0.6) is 0 Å². The second-order valence-corrected chi connectivity index (χ2v) is 5.18. The molecule has 1 heterocycles. The Morgan fingerprint density at radius 3 is 2.68 bits per heavy atom. The Morgan fingerprint density at radius 2 is 2.11 bits per heavy atom. The monoisotopic (exact) mass is 279 g/mol. The van der Waals surface area contributed by atoms with Crippen LogP contribution >= 0.6 is 11.3 Å². The van der Waals surface area contributed by atoms with E-state index >= 15 is 0 Å². The van der Waals surface area contributed by atoms with Crippen molar-refractivity contribution < 1.29 is 14.3 Å². The minimum atomic E-state index is -0.406. The molecule has 0 aliphatic rings. The number of aryl methyl sites for hydroxylation is 1. The van der Waals surface area contributed by atoms with Gasteiger partial charge in [0.1, 0.15) is 5.00 Å². The third-order valence-corrected chi connectivity index (χ3v) is 3.74. The summed E-state index contributed by atoms with van der Waals surface area (Å²) in [5.41, 5.74) is 1.29. The van der Waals surface area contributed by atoms with E-state index in [9.17, 15) is 9.59 Å². The van der Waals surface area contributed by atoms with E-state index in [4.69, 9.17) is 11.2 Å². The molecule has 19 heavy (non-hydrogen) atoms. The highest BCUT2D eigenvalue weighted by atomic mass is 32.1. The Bertz CT molecular complexity index is 526. The fourth-order valence-electron chi connectivity index (χ4n) is 1.54. The van der Waals surface area contributed by atoms with Gasteiger partial charge in [0.2, 0.25) is 5.91 Å². The zero-order valence-corrected chi connectivity index (χ0v) is 12.1. The number of carbonyl (C=O) groups excluding carboxylic acids is 2. The minimum absolute atomic E-state index is 0.190. The smallest absolute Gasteiger partial charge is 0.341 e. The van der Waals surface area contributed by atoms with Crippen LogP contribution in [-0.2, 0) is 9.53 Å². The quantitative estimate of drug-likeness (QED) is 0.666. The molecule has 0 atom stereocenters. The van der Waals surface area contributed by atoms with Crippen molar-refractivity contribution in [1.82, 2.24) is 0 Å². The first-order valence-corrected chi connectivity index (χ1v) is 6.83. The molecule has 0 aliphatic carbocycles. The Labute approximate surface area is 117 Å². The van der Waals surface area contributed by atoms with Gasteiger partial charge in [0.05, 0.1) is 12.2 Å². The molecule has 0 saturated heterocycles. The van der Waals surface area contributed by atoms with Crippen LogP contribution in [0.25, 0.3) is 0 Å². The summed E-state index contributed by atoms with van der Waals surface area (Å²) in [5, 5.41) is 3.27. The molecule has 1 aromatic heterocycles. The van der Waals surface area contributed by atoms with Crippen molar-refractivity contribution in [2.24, 2.45) is 0 Å². The molecule has 4 nitrogen and oxygen atoms in total. The molecule has 1 aromatic rings. The second-order valence-electron chi connectivity index (χ2n) is 3.96. The summed E-state index contributed by atoms with van der Waals surface area (Å²) in [4.78, 5) is 24.6. The number of terminal acetylenes is 1. The molecule has 102 valence electrons. The maximum absolute atomic E-state index is 11.9. The zero-order valence-electron chi connectivity index (χ0n) is 11.3. The molecule has 0 spiro atoms. The number of hydrogen-bond donors (Lipinski definition) is 1. The normalized spacial score (nSPS) is 9.79. The van der Waals surface area contributed by atoms with Gasteiger partial charge in [-0.25, -0.2) is 4.79 Å². The van der Waals surface area contributed by atoms with Crippen LogP contribution in [0.3, 0.4) is 0 Å². The summed E-state index contributed by atoms with van der Waals surface area (Å²) >= 11 is 1.37. The lowest BCUT2D eigenvalue weighted by molar-refractivity contribution is -0.116. The predicted molar refractivity (Wildman–Crippen MR) is 76.4 cm³/mol. The van der Waals surface area contributed by atoms with E-state index in [1.807, 2.05) is 13.8 Å². The predicted octanol–water partition coefficient (Wildman–Crippen LogP) is 2.89. The lowest BCUT2D eigenvalue weighted by Gasteiger charge is -2.06. The van der Waals surface area contributed by atoms with Crippen LogP contribution in [0, 0.1) is 26.2 Å². The number of thiophene rings is 1. The van der Waals surface area contributed by atoms with Gasteiger partial charge < -0.3 is 10.1 Å². The lowest BCUT2D eigenvalue weighted by atomic mass is 10.1. The lowest BCUT2D eigenvalue weighted by Crippen LogP contribution is -2.14.